The second-order valence-corrected chi connectivity index (χ2v) is 6.40. The second kappa shape index (κ2) is 7.64. The minimum Gasteiger partial charge on any atom is -0.383 e. The van der Waals surface area contributed by atoms with Crippen molar-refractivity contribution in [2.24, 2.45) is 0 Å². The molecule has 0 unspecified atom stereocenters. The van der Waals surface area contributed by atoms with Crippen molar-refractivity contribution < 1.29 is 9.18 Å². The molecule has 0 saturated carbocycles. The van der Waals surface area contributed by atoms with Gasteiger partial charge < -0.3 is 10.6 Å². The molecule has 2 rings (SSSR count). The minimum absolute atomic E-state index is 0.131. The number of amides is 1. The first-order valence-electron chi connectivity index (χ1n) is 7.63. The van der Waals surface area contributed by atoms with Gasteiger partial charge in [-0.05, 0) is 24.6 Å². The van der Waals surface area contributed by atoms with Crippen molar-refractivity contribution in [2.45, 2.75) is 26.3 Å². The quantitative estimate of drug-likeness (QED) is 0.784. The van der Waals surface area contributed by atoms with E-state index in [9.17, 15) is 18.8 Å². The second-order valence-electron chi connectivity index (χ2n) is 5.49. The fourth-order valence-electron chi connectivity index (χ4n) is 2.38. The molecule has 0 atom stereocenters. The van der Waals surface area contributed by atoms with E-state index in [4.69, 9.17) is 5.73 Å². The number of aromatic amines is 1. The topological polar surface area (TPSA) is 101 Å². The lowest BCUT2D eigenvalue weighted by molar-refractivity contribution is 0.0988. The summed E-state index contributed by atoms with van der Waals surface area (Å²) >= 11 is 3.17. The molecule has 0 spiro atoms. The summed E-state index contributed by atoms with van der Waals surface area (Å²) in [5, 5.41) is 0. The molecular weight excluding hydrogens is 395 g/mol. The van der Waals surface area contributed by atoms with Crippen LogP contribution in [0.4, 0.5) is 15.9 Å². The largest absolute Gasteiger partial charge is 0.383 e. The van der Waals surface area contributed by atoms with Crippen molar-refractivity contribution >= 4 is 33.3 Å². The Bertz CT molecular complexity index is 923. The zero-order chi connectivity index (χ0) is 18.7. The van der Waals surface area contributed by atoms with E-state index in [1.807, 2.05) is 6.92 Å². The van der Waals surface area contributed by atoms with Crippen LogP contribution in [-0.4, -0.2) is 22.5 Å². The van der Waals surface area contributed by atoms with Gasteiger partial charge in [-0.1, -0.05) is 29.3 Å². The molecule has 0 aliphatic carbocycles. The number of nitrogens with one attached hydrogen (secondary N) is 1. The first kappa shape index (κ1) is 18.9. The molecule has 0 radical (unpaired) electrons. The maximum absolute atomic E-state index is 14.0. The lowest BCUT2D eigenvalue weighted by atomic mass is 10.2. The number of anilines is 2. The van der Waals surface area contributed by atoms with Crippen molar-refractivity contribution in [1.82, 2.24) is 9.55 Å². The zero-order valence-electron chi connectivity index (χ0n) is 13.8. The molecular formula is C16H18BrFN4O3. The number of nitrogens with two attached hydrogens (primary N) is 1. The van der Waals surface area contributed by atoms with Crippen molar-refractivity contribution in [3.63, 3.8) is 0 Å². The number of nitrogen functional groups attached to an aromatic ring is 1. The molecule has 0 fully saturated rings. The van der Waals surface area contributed by atoms with Crippen LogP contribution in [-0.2, 0) is 6.54 Å². The molecule has 1 heterocycles. The Morgan fingerprint density at radius 3 is 2.72 bits per heavy atom. The molecule has 1 aromatic heterocycles. The van der Waals surface area contributed by atoms with Crippen LogP contribution >= 0.6 is 15.9 Å². The third-order valence-electron chi connectivity index (χ3n) is 3.75. The van der Waals surface area contributed by atoms with Crippen LogP contribution < -0.4 is 21.9 Å². The molecule has 7 nitrogen and oxygen atoms in total. The number of hydrogen-bond acceptors (Lipinski definition) is 4. The van der Waals surface area contributed by atoms with Gasteiger partial charge in [0.2, 0.25) is 0 Å². The summed E-state index contributed by atoms with van der Waals surface area (Å²) in [7, 11) is 1.30. The Morgan fingerprint density at radius 1 is 1.40 bits per heavy atom. The number of unbranched alkanes of at least 4 members (excludes halogenated alkanes) is 1. The zero-order valence-corrected chi connectivity index (χ0v) is 15.4. The predicted octanol–water partition coefficient (Wildman–Crippen LogP) is 2.10. The minimum atomic E-state index is -0.804. The Labute approximate surface area is 151 Å². The van der Waals surface area contributed by atoms with Crippen LogP contribution in [0.2, 0.25) is 0 Å². The van der Waals surface area contributed by atoms with E-state index in [2.05, 4.69) is 20.9 Å². The van der Waals surface area contributed by atoms with Crippen molar-refractivity contribution in [3.8, 4) is 0 Å². The Morgan fingerprint density at radius 2 is 2.08 bits per heavy atom. The average Bonchev–Trinajstić information content (AvgIpc) is 2.55. The summed E-state index contributed by atoms with van der Waals surface area (Å²) in [6.07, 6.45) is 1.49. The number of carbonyl (C=O) groups excluding carboxylic acids is 1. The monoisotopic (exact) mass is 412 g/mol. The number of rotatable bonds is 5. The number of carbonyl (C=O) groups is 1. The van der Waals surface area contributed by atoms with Crippen LogP contribution in [0.5, 0.6) is 0 Å². The van der Waals surface area contributed by atoms with Gasteiger partial charge in [-0.2, -0.15) is 0 Å². The van der Waals surface area contributed by atoms with Gasteiger partial charge in [0, 0.05) is 18.1 Å². The molecule has 0 aliphatic rings. The normalized spacial score (nSPS) is 10.7. The molecule has 0 saturated heterocycles. The van der Waals surface area contributed by atoms with Crippen molar-refractivity contribution in [3.05, 3.63) is 54.9 Å². The fourth-order valence-corrected chi connectivity index (χ4v) is 2.74. The fraction of sp³-hybridized carbons (Fsp3) is 0.312. The van der Waals surface area contributed by atoms with E-state index in [1.165, 1.54) is 23.7 Å². The summed E-state index contributed by atoms with van der Waals surface area (Å²) in [5.74, 6) is -1.61. The molecule has 1 amide bonds. The van der Waals surface area contributed by atoms with Crippen LogP contribution in [0.25, 0.3) is 0 Å². The van der Waals surface area contributed by atoms with Gasteiger partial charge >= 0.3 is 5.69 Å². The molecule has 0 aliphatic heterocycles. The standard InChI is InChI=1S/C16H18BrFN4O3/c1-3-4-7-22-13(19)12(14(23)20-16(22)25)21(2)15(24)10-8-9(17)5-6-11(10)18/h5-6,8H,3-4,7,19H2,1-2H3,(H,20,23,25). The van der Waals surface area contributed by atoms with Crippen LogP contribution in [0.1, 0.15) is 30.1 Å². The number of benzene rings is 1. The van der Waals surface area contributed by atoms with E-state index in [0.717, 1.165) is 17.4 Å². The smallest absolute Gasteiger partial charge is 0.330 e. The summed E-state index contributed by atoms with van der Waals surface area (Å²) in [6, 6.07) is 3.91. The van der Waals surface area contributed by atoms with Gasteiger partial charge in [0.05, 0.1) is 5.56 Å². The van der Waals surface area contributed by atoms with E-state index < -0.39 is 23.0 Å². The maximum atomic E-state index is 14.0. The van der Waals surface area contributed by atoms with Crippen LogP contribution in [0.3, 0.4) is 0 Å². The van der Waals surface area contributed by atoms with E-state index in [0.29, 0.717) is 17.4 Å². The lowest BCUT2D eigenvalue weighted by Crippen LogP contribution is -2.39. The Kier molecular flexibility index (Phi) is 5.78. The number of hydrogen-bond donors (Lipinski definition) is 2. The van der Waals surface area contributed by atoms with Gasteiger partial charge in [0.15, 0.2) is 5.69 Å². The van der Waals surface area contributed by atoms with Crippen LogP contribution in [0.15, 0.2) is 32.3 Å². The Balaban J connectivity index is 2.53. The number of aromatic nitrogens is 2. The average molecular weight is 413 g/mol. The van der Waals surface area contributed by atoms with E-state index in [-0.39, 0.29) is 17.1 Å². The highest BCUT2D eigenvalue weighted by Crippen LogP contribution is 2.21. The molecule has 134 valence electrons. The number of halogens is 2. The molecule has 25 heavy (non-hydrogen) atoms. The maximum Gasteiger partial charge on any atom is 0.330 e. The predicted molar refractivity (Wildman–Crippen MR) is 97.5 cm³/mol. The first-order valence-corrected chi connectivity index (χ1v) is 8.43. The number of nitrogens with zero attached hydrogens (tertiary/aromatic N) is 2. The first-order chi connectivity index (χ1) is 11.8. The summed E-state index contributed by atoms with van der Waals surface area (Å²) in [4.78, 5) is 39.8. The van der Waals surface area contributed by atoms with Crippen molar-refractivity contribution in [1.29, 1.82) is 0 Å². The summed E-state index contributed by atoms with van der Waals surface area (Å²) < 4.78 is 15.7. The lowest BCUT2D eigenvalue weighted by Gasteiger charge is -2.20. The third kappa shape index (κ3) is 3.81. The number of H-pyrrole nitrogens is 1. The third-order valence-corrected chi connectivity index (χ3v) is 4.24. The van der Waals surface area contributed by atoms with Gasteiger partial charge in [0.1, 0.15) is 11.6 Å². The van der Waals surface area contributed by atoms with Crippen LogP contribution in [0, 0.1) is 5.82 Å². The molecule has 0 bridgehead atoms. The summed E-state index contributed by atoms with van der Waals surface area (Å²) in [5.41, 5.74) is 4.09. The van der Waals surface area contributed by atoms with Gasteiger partial charge in [-0.25, -0.2) is 9.18 Å². The highest BCUT2D eigenvalue weighted by atomic mass is 79.9. The molecule has 2 aromatic rings. The highest BCUT2D eigenvalue weighted by molar-refractivity contribution is 9.10. The molecule has 9 heteroatoms. The SMILES string of the molecule is CCCCn1c(N)c(N(C)C(=O)c2cc(Br)ccc2F)c(=O)[nH]c1=O. The molecule has 3 N–H and O–H groups in total. The van der Waals surface area contributed by atoms with Gasteiger partial charge in [0.25, 0.3) is 11.5 Å². The van der Waals surface area contributed by atoms with Gasteiger partial charge in [-0.3, -0.25) is 19.1 Å². The molecule has 1 aromatic carbocycles. The van der Waals surface area contributed by atoms with Gasteiger partial charge in [-0.15, -0.1) is 0 Å². The summed E-state index contributed by atoms with van der Waals surface area (Å²) in [6.45, 7) is 2.25. The Hall–Kier alpha value is -2.42. The van der Waals surface area contributed by atoms with E-state index >= 15 is 0 Å². The highest BCUT2D eigenvalue weighted by Gasteiger charge is 2.24. The van der Waals surface area contributed by atoms with E-state index in [1.54, 1.807) is 0 Å². The van der Waals surface area contributed by atoms with Crippen molar-refractivity contribution in [2.75, 3.05) is 17.7 Å².